The van der Waals surface area contributed by atoms with Crippen LogP contribution in [0, 0.1) is 0 Å². The second-order valence-corrected chi connectivity index (χ2v) is 6.76. The number of aromatic nitrogens is 2. The summed E-state index contributed by atoms with van der Waals surface area (Å²) >= 11 is 1.93. The van der Waals surface area contributed by atoms with Gasteiger partial charge in [-0.15, -0.1) is 0 Å². The number of aryl methyl sites for hydroxylation is 1. The molecule has 0 spiro atoms. The number of benzene rings is 1. The Kier molecular flexibility index (Phi) is 3.44. The van der Waals surface area contributed by atoms with Gasteiger partial charge in [0.2, 0.25) is 0 Å². The van der Waals surface area contributed by atoms with Crippen LogP contribution in [0.3, 0.4) is 0 Å². The first-order valence-electron chi connectivity index (χ1n) is 6.97. The fraction of sp³-hybridized carbons (Fsp3) is 0.533. The van der Waals surface area contributed by atoms with E-state index in [2.05, 4.69) is 23.8 Å². The largest absolute Gasteiger partial charge is 0.399 e. The first kappa shape index (κ1) is 12.9. The Hall–Kier alpha value is -1.16. The molecule has 1 atom stereocenters. The zero-order valence-electron chi connectivity index (χ0n) is 11.6. The normalized spacial score (nSPS) is 16.9. The smallest absolute Gasteiger partial charge is 0.112 e. The number of nitrogen functional groups attached to an aromatic ring is 1. The van der Waals surface area contributed by atoms with Crippen LogP contribution in [0.2, 0.25) is 0 Å². The molecule has 0 amide bonds. The first-order chi connectivity index (χ1) is 9.19. The molecule has 4 heteroatoms. The van der Waals surface area contributed by atoms with E-state index in [1.807, 2.05) is 23.9 Å². The number of rotatable bonds is 5. The summed E-state index contributed by atoms with van der Waals surface area (Å²) in [6, 6.07) is 6.10. The molecule has 0 radical (unpaired) electrons. The molecule has 1 heterocycles. The summed E-state index contributed by atoms with van der Waals surface area (Å²) in [6.45, 7) is 3.35. The average molecular weight is 275 g/mol. The quantitative estimate of drug-likeness (QED) is 0.847. The molecule has 3 rings (SSSR count). The van der Waals surface area contributed by atoms with Crippen molar-refractivity contribution in [3.05, 3.63) is 24.0 Å². The Morgan fingerprint density at radius 2 is 2.26 bits per heavy atom. The predicted octanol–water partition coefficient (Wildman–Crippen LogP) is 3.64. The molecule has 1 unspecified atom stereocenters. The molecule has 1 saturated carbocycles. The van der Waals surface area contributed by atoms with Crippen molar-refractivity contribution >= 4 is 28.5 Å². The third-order valence-corrected chi connectivity index (χ3v) is 4.95. The molecule has 3 nitrogen and oxygen atoms in total. The van der Waals surface area contributed by atoms with Crippen LogP contribution < -0.4 is 5.73 Å². The highest BCUT2D eigenvalue weighted by molar-refractivity contribution is 7.99. The van der Waals surface area contributed by atoms with Crippen molar-refractivity contribution in [1.82, 2.24) is 9.55 Å². The molecule has 1 aliphatic rings. The number of fused-ring (bicyclic) bond motifs is 1. The maximum Gasteiger partial charge on any atom is 0.112 e. The summed E-state index contributed by atoms with van der Waals surface area (Å²) in [7, 11) is 0. The number of hydrogen-bond acceptors (Lipinski definition) is 3. The minimum atomic E-state index is 0.679. The zero-order valence-corrected chi connectivity index (χ0v) is 12.4. The molecule has 19 heavy (non-hydrogen) atoms. The third-order valence-electron chi connectivity index (χ3n) is 3.91. The van der Waals surface area contributed by atoms with Crippen LogP contribution in [0.4, 0.5) is 5.69 Å². The summed E-state index contributed by atoms with van der Waals surface area (Å²) < 4.78 is 2.42. The van der Waals surface area contributed by atoms with Gasteiger partial charge in [-0.1, -0.05) is 6.92 Å². The zero-order chi connectivity index (χ0) is 13.4. The lowest BCUT2D eigenvalue weighted by Gasteiger charge is -2.12. The molecule has 1 fully saturated rings. The van der Waals surface area contributed by atoms with E-state index < -0.39 is 0 Å². The molecule has 2 N–H and O–H groups in total. The summed E-state index contributed by atoms with van der Waals surface area (Å²) in [5.74, 6) is 1.95. The molecule has 0 bridgehead atoms. The second-order valence-electron chi connectivity index (χ2n) is 5.48. The van der Waals surface area contributed by atoms with Gasteiger partial charge in [-0.2, -0.15) is 11.8 Å². The molecule has 0 saturated heterocycles. The molecular formula is C15H21N3S. The standard InChI is InChI=1S/C15H21N3S/c1-10(19-2)7-8-18-14-6-5-12(16)9-13(14)17-15(18)11-3-4-11/h5-6,9-11H,3-4,7-8,16H2,1-2H3. The van der Waals surface area contributed by atoms with Gasteiger partial charge in [0, 0.05) is 23.4 Å². The fourth-order valence-corrected chi connectivity index (χ4v) is 2.82. The van der Waals surface area contributed by atoms with Crippen molar-refractivity contribution < 1.29 is 0 Å². The minimum absolute atomic E-state index is 0.679. The van der Waals surface area contributed by atoms with E-state index in [4.69, 9.17) is 10.7 Å². The lowest BCUT2D eigenvalue weighted by Crippen LogP contribution is -2.07. The molecule has 102 valence electrons. The minimum Gasteiger partial charge on any atom is -0.399 e. The lowest BCUT2D eigenvalue weighted by molar-refractivity contribution is 0.625. The Bertz CT molecular complexity index is 586. The summed E-state index contributed by atoms with van der Waals surface area (Å²) in [5.41, 5.74) is 8.96. The van der Waals surface area contributed by atoms with E-state index in [0.29, 0.717) is 11.2 Å². The van der Waals surface area contributed by atoms with Gasteiger partial charge in [0.1, 0.15) is 5.82 Å². The molecule has 2 aromatic rings. The number of anilines is 1. The van der Waals surface area contributed by atoms with Crippen LogP contribution in [0.1, 0.15) is 37.9 Å². The van der Waals surface area contributed by atoms with Crippen molar-refractivity contribution in [2.45, 2.75) is 43.9 Å². The van der Waals surface area contributed by atoms with Crippen molar-refractivity contribution in [3.63, 3.8) is 0 Å². The Morgan fingerprint density at radius 1 is 1.47 bits per heavy atom. The van der Waals surface area contributed by atoms with Gasteiger partial charge in [0.15, 0.2) is 0 Å². The van der Waals surface area contributed by atoms with Gasteiger partial charge >= 0.3 is 0 Å². The van der Waals surface area contributed by atoms with E-state index >= 15 is 0 Å². The van der Waals surface area contributed by atoms with Crippen LogP contribution in [0.5, 0.6) is 0 Å². The van der Waals surface area contributed by atoms with Gasteiger partial charge < -0.3 is 10.3 Å². The van der Waals surface area contributed by atoms with Crippen molar-refractivity contribution in [2.24, 2.45) is 0 Å². The molecule has 1 aliphatic carbocycles. The Balaban J connectivity index is 1.96. The van der Waals surface area contributed by atoms with Gasteiger partial charge in [0.05, 0.1) is 11.0 Å². The summed E-state index contributed by atoms with van der Waals surface area (Å²) in [6.07, 6.45) is 5.95. The van der Waals surface area contributed by atoms with E-state index in [-0.39, 0.29) is 0 Å². The van der Waals surface area contributed by atoms with Crippen LogP contribution in [0.25, 0.3) is 11.0 Å². The number of thioether (sulfide) groups is 1. The Morgan fingerprint density at radius 3 is 2.95 bits per heavy atom. The van der Waals surface area contributed by atoms with E-state index in [0.717, 1.165) is 17.7 Å². The monoisotopic (exact) mass is 275 g/mol. The predicted molar refractivity (Wildman–Crippen MR) is 83.7 cm³/mol. The highest BCUT2D eigenvalue weighted by atomic mass is 32.2. The molecule has 0 aliphatic heterocycles. The second kappa shape index (κ2) is 5.08. The van der Waals surface area contributed by atoms with Crippen molar-refractivity contribution in [1.29, 1.82) is 0 Å². The Labute approximate surface area is 118 Å². The number of nitrogens with two attached hydrogens (primary N) is 1. The summed E-state index contributed by atoms with van der Waals surface area (Å²) in [5, 5.41) is 0.693. The average Bonchev–Trinajstić information content (AvgIpc) is 3.18. The van der Waals surface area contributed by atoms with E-state index in [1.54, 1.807) is 0 Å². The summed E-state index contributed by atoms with van der Waals surface area (Å²) in [4.78, 5) is 4.82. The fourth-order valence-electron chi connectivity index (χ4n) is 2.48. The van der Waals surface area contributed by atoms with Crippen LogP contribution in [-0.2, 0) is 6.54 Å². The van der Waals surface area contributed by atoms with Gasteiger partial charge in [0.25, 0.3) is 0 Å². The highest BCUT2D eigenvalue weighted by Crippen LogP contribution is 2.41. The topological polar surface area (TPSA) is 43.8 Å². The third kappa shape index (κ3) is 2.59. The highest BCUT2D eigenvalue weighted by Gasteiger charge is 2.29. The number of hydrogen-bond donors (Lipinski definition) is 1. The van der Waals surface area contributed by atoms with Gasteiger partial charge in [-0.25, -0.2) is 4.98 Å². The first-order valence-corrected chi connectivity index (χ1v) is 8.26. The maximum atomic E-state index is 5.87. The van der Waals surface area contributed by atoms with E-state index in [9.17, 15) is 0 Å². The number of nitrogens with zero attached hydrogens (tertiary/aromatic N) is 2. The van der Waals surface area contributed by atoms with Crippen LogP contribution in [-0.4, -0.2) is 21.1 Å². The molecule has 1 aromatic heterocycles. The maximum absolute atomic E-state index is 5.87. The molecule has 1 aromatic carbocycles. The molecular weight excluding hydrogens is 254 g/mol. The van der Waals surface area contributed by atoms with Crippen LogP contribution in [0.15, 0.2) is 18.2 Å². The van der Waals surface area contributed by atoms with Gasteiger partial charge in [-0.3, -0.25) is 0 Å². The van der Waals surface area contributed by atoms with Crippen molar-refractivity contribution in [3.8, 4) is 0 Å². The van der Waals surface area contributed by atoms with Crippen molar-refractivity contribution in [2.75, 3.05) is 12.0 Å². The van der Waals surface area contributed by atoms with Gasteiger partial charge in [-0.05, 0) is 43.7 Å². The van der Waals surface area contributed by atoms with E-state index in [1.165, 1.54) is 30.6 Å². The van der Waals surface area contributed by atoms with Crippen LogP contribution >= 0.6 is 11.8 Å². The lowest BCUT2D eigenvalue weighted by atomic mass is 10.2. The SMILES string of the molecule is CSC(C)CCn1c(C2CC2)nc2cc(N)ccc21. The number of imidazole rings is 1.